The van der Waals surface area contributed by atoms with Crippen LogP contribution in [0, 0.1) is 13.8 Å². The molecule has 1 saturated carbocycles. The fraction of sp³-hybridized carbons (Fsp3) is 0.538. The number of aryl methyl sites for hydroxylation is 2. The Balaban J connectivity index is 1.75. The van der Waals surface area contributed by atoms with Crippen molar-refractivity contribution in [3.63, 3.8) is 0 Å². The Kier molecular flexibility index (Phi) is 7.75. The Morgan fingerprint density at radius 2 is 1.78 bits per heavy atom. The number of aromatic nitrogens is 5. The standard InChI is InChI=1S/C26H35N5O4S/c1-16(2)35-24(25-27-13-17(3)14-28-25)19(5)36(32,33)15-22-29-30-26(20-10-8-11-20)31(22)23-18(4)9-7-12-21(23)34-6/h7,9,12-14,16,19-20,24H,8,10-11,15H2,1-6H3/t19-,24+/m0/s1. The summed E-state index contributed by atoms with van der Waals surface area (Å²) in [5.74, 6) is 2.09. The molecule has 1 aromatic carbocycles. The molecule has 3 aromatic rings. The van der Waals surface area contributed by atoms with Crippen molar-refractivity contribution in [1.29, 1.82) is 0 Å². The van der Waals surface area contributed by atoms with Crippen molar-refractivity contribution in [2.75, 3.05) is 7.11 Å². The van der Waals surface area contributed by atoms with Crippen LogP contribution in [0.1, 0.15) is 80.7 Å². The molecule has 2 atom stereocenters. The van der Waals surface area contributed by atoms with Gasteiger partial charge in [0, 0.05) is 18.3 Å². The van der Waals surface area contributed by atoms with Gasteiger partial charge in [0.15, 0.2) is 21.5 Å². The van der Waals surface area contributed by atoms with Gasteiger partial charge in [-0.2, -0.15) is 0 Å². The van der Waals surface area contributed by atoms with Gasteiger partial charge < -0.3 is 9.47 Å². The summed E-state index contributed by atoms with van der Waals surface area (Å²) in [7, 11) is -2.14. The summed E-state index contributed by atoms with van der Waals surface area (Å²) in [6.45, 7) is 9.24. The quantitative estimate of drug-likeness (QED) is 0.392. The Hall–Kier alpha value is -2.85. The zero-order valence-electron chi connectivity index (χ0n) is 21.8. The molecule has 0 unspecified atom stereocenters. The van der Waals surface area contributed by atoms with Gasteiger partial charge in [0.05, 0.1) is 24.2 Å². The number of benzene rings is 1. The van der Waals surface area contributed by atoms with Gasteiger partial charge in [-0.05, 0) is 64.7 Å². The number of hydrogen-bond donors (Lipinski definition) is 0. The van der Waals surface area contributed by atoms with Gasteiger partial charge in [0.25, 0.3) is 0 Å². The van der Waals surface area contributed by atoms with Gasteiger partial charge in [-0.15, -0.1) is 10.2 Å². The molecule has 0 N–H and O–H groups in total. The van der Waals surface area contributed by atoms with Crippen LogP contribution in [-0.2, 0) is 20.3 Å². The largest absolute Gasteiger partial charge is 0.495 e. The molecular formula is C26H35N5O4S. The highest BCUT2D eigenvalue weighted by Gasteiger charge is 2.37. The van der Waals surface area contributed by atoms with Gasteiger partial charge in [0.2, 0.25) is 0 Å². The second-order valence-corrected chi connectivity index (χ2v) is 12.2. The molecule has 10 heteroatoms. The van der Waals surface area contributed by atoms with Gasteiger partial charge in [0.1, 0.15) is 23.4 Å². The highest BCUT2D eigenvalue weighted by molar-refractivity contribution is 7.91. The number of rotatable bonds is 10. The van der Waals surface area contributed by atoms with Gasteiger partial charge >= 0.3 is 0 Å². The summed E-state index contributed by atoms with van der Waals surface area (Å²) in [4.78, 5) is 8.74. The molecular weight excluding hydrogens is 478 g/mol. The van der Waals surface area contributed by atoms with Crippen molar-refractivity contribution >= 4 is 9.84 Å². The van der Waals surface area contributed by atoms with E-state index < -0.39 is 21.2 Å². The first-order chi connectivity index (χ1) is 17.1. The molecule has 0 spiro atoms. The van der Waals surface area contributed by atoms with E-state index >= 15 is 0 Å². The predicted octanol–water partition coefficient (Wildman–Crippen LogP) is 4.42. The van der Waals surface area contributed by atoms with Gasteiger partial charge in [-0.25, -0.2) is 18.4 Å². The Bertz CT molecular complexity index is 1300. The van der Waals surface area contributed by atoms with Crippen LogP contribution < -0.4 is 4.74 Å². The summed E-state index contributed by atoms with van der Waals surface area (Å²) in [5, 5.41) is 7.96. The van der Waals surface area contributed by atoms with Crippen molar-refractivity contribution in [3.8, 4) is 11.4 Å². The maximum absolute atomic E-state index is 13.8. The monoisotopic (exact) mass is 513 g/mol. The average molecular weight is 514 g/mol. The van der Waals surface area contributed by atoms with Crippen LogP contribution in [0.3, 0.4) is 0 Å². The third-order valence-corrected chi connectivity index (χ3v) is 8.71. The molecule has 1 aliphatic carbocycles. The van der Waals surface area contributed by atoms with E-state index in [2.05, 4.69) is 20.2 Å². The minimum atomic E-state index is -3.75. The molecule has 0 amide bonds. The summed E-state index contributed by atoms with van der Waals surface area (Å²) in [6.07, 6.45) is 5.45. The van der Waals surface area contributed by atoms with Crippen molar-refractivity contribution in [1.82, 2.24) is 24.7 Å². The second-order valence-electron chi connectivity index (χ2n) is 9.80. The summed E-state index contributed by atoms with van der Waals surface area (Å²) in [5.41, 5.74) is 2.62. The molecule has 0 bridgehead atoms. The Labute approximate surface area is 213 Å². The van der Waals surface area contributed by atoms with E-state index in [1.807, 2.05) is 50.5 Å². The number of nitrogens with zero attached hydrogens (tertiary/aromatic N) is 5. The van der Waals surface area contributed by atoms with Crippen LogP contribution in [-0.4, -0.2) is 51.6 Å². The maximum atomic E-state index is 13.8. The van der Waals surface area contributed by atoms with Crippen LogP contribution in [0.2, 0.25) is 0 Å². The van der Waals surface area contributed by atoms with E-state index in [4.69, 9.17) is 9.47 Å². The van der Waals surface area contributed by atoms with E-state index in [-0.39, 0.29) is 17.8 Å². The number of ether oxygens (including phenoxy) is 2. The number of para-hydroxylation sites is 1. The van der Waals surface area contributed by atoms with E-state index in [0.29, 0.717) is 17.4 Å². The fourth-order valence-corrected chi connectivity index (χ4v) is 5.78. The molecule has 0 aliphatic heterocycles. The number of methoxy groups -OCH3 is 1. The summed E-state index contributed by atoms with van der Waals surface area (Å²) >= 11 is 0. The maximum Gasteiger partial charge on any atom is 0.163 e. The first kappa shape index (κ1) is 26.2. The lowest BCUT2D eigenvalue weighted by molar-refractivity contribution is 0.00141. The fourth-order valence-electron chi connectivity index (χ4n) is 4.41. The number of hydrogen-bond acceptors (Lipinski definition) is 8. The number of sulfone groups is 1. The Morgan fingerprint density at radius 1 is 1.08 bits per heavy atom. The third kappa shape index (κ3) is 5.29. The lowest BCUT2D eigenvalue weighted by atomic mass is 9.84. The van der Waals surface area contributed by atoms with Crippen LogP contribution in [0.5, 0.6) is 5.75 Å². The molecule has 1 aliphatic rings. The molecule has 9 nitrogen and oxygen atoms in total. The highest BCUT2D eigenvalue weighted by Crippen LogP contribution is 2.39. The summed E-state index contributed by atoms with van der Waals surface area (Å²) in [6, 6.07) is 5.76. The molecule has 1 fully saturated rings. The van der Waals surface area contributed by atoms with Crippen LogP contribution in [0.15, 0.2) is 30.6 Å². The van der Waals surface area contributed by atoms with Crippen LogP contribution >= 0.6 is 0 Å². The SMILES string of the molecule is COc1cccc(C)c1-n1c(CS(=O)(=O)[C@@H](C)[C@@H](OC(C)C)c2ncc(C)cn2)nnc1C1CCC1. The highest BCUT2D eigenvalue weighted by atomic mass is 32.2. The first-order valence-electron chi connectivity index (χ1n) is 12.4. The normalized spacial score (nSPS) is 16.1. The predicted molar refractivity (Wildman–Crippen MR) is 137 cm³/mol. The summed E-state index contributed by atoms with van der Waals surface area (Å²) < 4.78 is 41.2. The molecule has 2 aromatic heterocycles. The second kappa shape index (κ2) is 10.6. The molecule has 0 radical (unpaired) electrons. The molecule has 4 rings (SSSR count). The van der Waals surface area contributed by atoms with Crippen molar-refractivity contribution in [2.45, 2.75) is 83.0 Å². The Morgan fingerprint density at radius 3 is 2.36 bits per heavy atom. The average Bonchev–Trinajstić information content (AvgIpc) is 3.17. The van der Waals surface area contributed by atoms with Crippen LogP contribution in [0.25, 0.3) is 5.69 Å². The van der Waals surface area contributed by atoms with Crippen molar-refractivity contribution < 1.29 is 17.9 Å². The van der Waals surface area contributed by atoms with E-state index in [9.17, 15) is 8.42 Å². The zero-order chi connectivity index (χ0) is 26.0. The topological polar surface area (TPSA) is 109 Å². The van der Waals surface area contributed by atoms with E-state index in [0.717, 1.165) is 41.9 Å². The van der Waals surface area contributed by atoms with Crippen molar-refractivity contribution in [2.24, 2.45) is 0 Å². The first-order valence-corrected chi connectivity index (χ1v) is 14.1. The zero-order valence-corrected chi connectivity index (χ0v) is 22.6. The third-order valence-electron chi connectivity index (χ3n) is 6.67. The van der Waals surface area contributed by atoms with Crippen LogP contribution in [0.4, 0.5) is 0 Å². The lowest BCUT2D eigenvalue weighted by Gasteiger charge is -2.27. The van der Waals surface area contributed by atoms with E-state index in [1.165, 1.54) is 0 Å². The molecule has 194 valence electrons. The molecule has 0 saturated heterocycles. The van der Waals surface area contributed by atoms with E-state index in [1.54, 1.807) is 26.4 Å². The molecule has 2 heterocycles. The smallest absolute Gasteiger partial charge is 0.163 e. The lowest BCUT2D eigenvalue weighted by Crippen LogP contribution is -2.32. The molecule has 36 heavy (non-hydrogen) atoms. The van der Waals surface area contributed by atoms with Gasteiger partial charge in [-0.1, -0.05) is 18.6 Å². The minimum absolute atomic E-state index is 0.206. The minimum Gasteiger partial charge on any atom is -0.495 e. The van der Waals surface area contributed by atoms with Gasteiger partial charge in [-0.3, -0.25) is 4.57 Å². The van der Waals surface area contributed by atoms with Crippen molar-refractivity contribution in [3.05, 3.63) is 59.2 Å².